The number of cyclic esters (lactones) is 1. The fourth-order valence-electron chi connectivity index (χ4n) is 3.56. The van der Waals surface area contributed by atoms with Gasteiger partial charge in [-0.2, -0.15) is 0 Å². The van der Waals surface area contributed by atoms with Crippen LogP contribution in [0.25, 0.3) is 0 Å². The van der Waals surface area contributed by atoms with Crippen LogP contribution in [-0.2, 0) is 10.3 Å². The summed E-state index contributed by atoms with van der Waals surface area (Å²) in [5.74, 6) is 0.222. The number of unbranched alkanes of at least 4 members (excludes halogenated alkanes) is 6. The maximum atomic E-state index is 12.1. The van der Waals surface area contributed by atoms with Crippen molar-refractivity contribution in [3.8, 4) is 5.75 Å². The fourth-order valence-corrected chi connectivity index (χ4v) is 3.56. The van der Waals surface area contributed by atoms with E-state index in [0.29, 0.717) is 0 Å². The third-order valence-corrected chi connectivity index (χ3v) is 4.89. The first-order valence-electron chi connectivity index (χ1n) is 9.45. The van der Waals surface area contributed by atoms with E-state index < -0.39 is 5.60 Å². The van der Waals surface area contributed by atoms with Crippen molar-refractivity contribution in [1.82, 2.24) is 0 Å². The van der Waals surface area contributed by atoms with Gasteiger partial charge in [0.15, 0.2) is 0 Å². The van der Waals surface area contributed by atoms with Crippen LogP contribution in [0.15, 0.2) is 18.2 Å². The van der Waals surface area contributed by atoms with Gasteiger partial charge in [0.2, 0.25) is 0 Å². The largest absolute Gasteiger partial charge is 0.508 e. The summed E-state index contributed by atoms with van der Waals surface area (Å²) in [6.07, 6.45) is 10.4. The number of fused-ring (bicyclic) bond motifs is 1. The van der Waals surface area contributed by atoms with E-state index >= 15 is 0 Å². The van der Waals surface area contributed by atoms with Gasteiger partial charge < -0.3 is 9.84 Å². The van der Waals surface area contributed by atoms with E-state index in [1.807, 2.05) is 0 Å². The van der Waals surface area contributed by atoms with Gasteiger partial charge in [0.05, 0.1) is 5.69 Å². The molecular weight excluding hydrogens is 302 g/mol. The smallest absolute Gasteiger partial charge is 0.412 e. The van der Waals surface area contributed by atoms with Gasteiger partial charge in [0, 0.05) is 5.56 Å². The zero-order valence-electron chi connectivity index (χ0n) is 15.1. The summed E-state index contributed by atoms with van der Waals surface area (Å²) in [6, 6.07) is 5.15. The Morgan fingerprint density at radius 1 is 1.00 bits per heavy atom. The molecule has 0 saturated carbocycles. The van der Waals surface area contributed by atoms with Crippen molar-refractivity contribution in [2.24, 2.45) is 0 Å². The minimum Gasteiger partial charge on any atom is -0.508 e. The van der Waals surface area contributed by atoms with Crippen molar-refractivity contribution >= 4 is 11.8 Å². The maximum absolute atomic E-state index is 12.1. The predicted octanol–water partition coefficient (Wildman–Crippen LogP) is 6.09. The highest BCUT2D eigenvalue weighted by Gasteiger charge is 2.41. The number of rotatable bonds is 10. The summed E-state index contributed by atoms with van der Waals surface area (Å²) in [7, 11) is 0. The average Bonchev–Trinajstić information content (AvgIpc) is 2.56. The van der Waals surface area contributed by atoms with Gasteiger partial charge in [0.1, 0.15) is 11.4 Å². The van der Waals surface area contributed by atoms with Crippen LogP contribution in [-0.4, -0.2) is 11.2 Å². The van der Waals surface area contributed by atoms with Crippen molar-refractivity contribution < 1.29 is 14.6 Å². The molecule has 1 amide bonds. The Labute approximate surface area is 145 Å². The molecule has 4 nitrogen and oxygen atoms in total. The Morgan fingerprint density at radius 2 is 1.62 bits per heavy atom. The van der Waals surface area contributed by atoms with Gasteiger partial charge >= 0.3 is 6.09 Å². The summed E-state index contributed by atoms with van der Waals surface area (Å²) in [5, 5.41) is 12.7. The molecule has 1 aliphatic rings. The second kappa shape index (κ2) is 8.95. The Balaban J connectivity index is 2.23. The predicted molar refractivity (Wildman–Crippen MR) is 97.4 cm³/mol. The number of phenolic OH excluding ortho intramolecular Hbond substituents is 1. The van der Waals surface area contributed by atoms with Gasteiger partial charge in [-0.3, -0.25) is 5.32 Å². The summed E-state index contributed by atoms with van der Waals surface area (Å²) in [5.41, 5.74) is 1.10. The van der Waals surface area contributed by atoms with E-state index in [9.17, 15) is 9.90 Å². The van der Waals surface area contributed by atoms with Crippen LogP contribution in [0.2, 0.25) is 0 Å². The lowest BCUT2D eigenvalue weighted by atomic mass is 9.81. The molecule has 2 rings (SSSR count). The summed E-state index contributed by atoms with van der Waals surface area (Å²) >= 11 is 0. The topological polar surface area (TPSA) is 58.6 Å². The molecule has 2 N–H and O–H groups in total. The van der Waals surface area contributed by atoms with E-state index in [-0.39, 0.29) is 11.8 Å². The number of aromatic hydroxyl groups is 1. The molecule has 0 atom stereocenters. The second-order valence-electron chi connectivity index (χ2n) is 6.86. The number of nitrogens with one attached hydrogen (secondary N) is 1. The summed E-state index contributed by atoms with van der Waals surface area (Å²) in [4.78, 5) is 12.1. The van der Waals surface area contributed by atoms with E-state index in [2.05, 4.69) is 19.2 Å². The first-order valence-corrected chi connectivity index (χ1v) is 9.45. The lowest BCUT2D eigenvalue weighted by Gasteiger charge is -2.39. The minimum absolute atomic E-state index is 0.222. The van der Waals surface area contributed by atoms with Crippen LogP contribution in [0, 0.1) is 0 Å². The number of carbonyl (C=O) groups excluding carboxylic acids is 1. The molecule has 0 aromatic heterocycles. The average molecular weight is 333 g/mol. The number of carbonyl (C=O) groups is 1. The molecular formula is C20H31NO3. The third-order valence-electron chi connectivity index (χ3n) is 4.89. The number of anilines is 1. The van der Waals surface area contributed by atoms with Crippen molar-refractivity contribution in [2.45, 2.75) is 83.7 Å². The number of benzene rings is 1. The van der Waals surface area contributed by atoms with Crippen molar-refractivity contribution in [1.29, 1.82) is 0 Å². The molecule has 134 valence electrons. The molecule has 1 aliphatic heterocycles. The monoisotopic (exact) mass is 333 g/mol. The number of hydrogen-bond donors (Lipinski definition) is 2. The van der Waals surface area contributed by atoms with E-state index in [0.717, 1.165) is 49.8 Å². The fraction of sp³-hybridized carbons (Fsp3) is 0.650. The molecule has 24 heavy (non-hydrogen) atoms. The number of hydrogen-bond acceptors (Lipinski definition) is 3. The van der Waals surface area contributed by atoms with Crippen LogP contribution in [0.3, 0.4) is 0 Å². The van der Waals surface area contributed by atoms with Crippen LogP contribution in [0.5, 0.6) is 5.75 Å². The zero-order chi connectivity index (χ0) is 17.4. The van der Waals surface area contributed by atoms with Crippen LogP contribution < -0.4 is 5.32 Å². The summed E-state index contributed by atoms with van der Waals surface area (Å²) in [6.45, 7) is 4.39. The summed E-state index contributed by atoms with van der Waals surface area (Å²) < 4.78 is 5.85. The molecule has 0 bridgehead atoms. The van der Waals surface area contributed by atoms with Crippen LogP contribution in [0.1, 0.15) is 83.6 Å². The molecule has 0 radical (unpaired) electrons. The molecule has 1 heterocycles. The standard InChI is InChI=1S/C20H31NO3/c1-3-5-7-9-13-20(14-10-8-6-4-2)17-15-16(22)11-12-18(17)21-19(23)24-20/h11-12,15,22H,3-10,13-14H2,1-2H3,(H,21,23). The van der Waals surface area contributed by atoms with Gasteiger partial charge in [-0.25, -0.2) is 4.79 Å². The number of amides is 1. The number of phenols is 1. The Kier molecular flexibility index (Phi) is 6.95. The van der Waals surface area contributed by atoms with E-state index in [1.165, 1.54) is 25.7 Å². The number of ether oxygens (including phenoxy) is 1. The molecule has 1 aromatic rings. The van der Waals surface area contributed by atoms with Crippen molar-refractivity contribution in [2.75, 3.05) is 5.32 Å². The molecule has 1 aromatic carbocycles. The lowest BCUT2D eigenvalue weighted by molar-refractivity contribution is -0.00700. The quantitative estimate of drug-likeness (QED) is 0.402. The Morgan fingerprint density at radius 3 is 2.21 bits per heavy atom. The van der Waals surface area contributed by atoms with Gasteiger partial charge in [-0.1, -0.05) is 52.4 Å². The normalized spacial score (nSPS) is 15.5. The molecule has 0 unspecified atom stereocenters. The minimum atomic E-state index is -0.599. The van der Waals surface area contributed by atoms with Gasteiger partial charge in [-0.05, 0) is 43.9 Å². The Bertz CT molecular complexity index is 530. The highest BCUT2D eigenvalue weighted by molar-refractivity contribution is 5.89. The highest BCUT2D eigenvalue weighted by atomic mass is 16.6. The van der Waals surface area contributed by atoms with Crippen molar-refractivity contribution in [3.05, 3.63) is 23.8 Å². The molecule has 4 heteroatoms. The molecule has 0 saturated heterocycles. The van der Waals surface area contributed by atoms with Crippen molar-refractivity contribution in [3.63, 3.8) is 0 Å². The zero-order valence-corrected chi connectivity index (χ0v) is 15.1. The first kappa shape index (κ1) is 18.6. The SMILES string of the molecule is CCCCCCC1(CCCCCC)OC(=O)Nc2ccc(O)cc21. The Hall–Kier alpha value is -1.71. The first-order chi connectivity index (χ1) is 11.6. The lowest BCUT2D eigenvalue weighted by Crippen LogP contribution is -2.39. The van der Waals surface area contributed by atoms with E-state index in [1.54, 1.807) is 18.2 Å². The van der Waals surface area contributed by atoms with E-state index in [4.69, 9.17) is 4.74 Å². The maximum Gasteiger partial charge on any atom is 0.412 e. The van der Waals surface area contributed by atoms with Gasteiger partial charge in [0.25, 0.3) is 0 Å². The molecule has 0 fully saturated rings. The van der Waals surface area contributed by atoms with Crippen LogP contribution >= 0.6 is 0 Å². The second-order valence-corrected chi connectivity index (χ2v) is 6.86. The molecule has 0 spiro atoms. The van der Waals surface area contributed by atoms with Gasteiger partial charge in [-0.15, -0.1) is 0 Å². The third kappa shape index (κ3) is 4.65. The highest BCUT2D eigenvalue weighted by Crippen LogP contribution is 2.44. The molecule has 0 aliphatic carbocycles. The van der Waals surface area contributed by atoms with Crippen LogP contribution in [0.4, 0.5) is 10.5 Å².